The first-order chi connectivity index (χ1) is 26.6. The zero-order chi connectivity index (χ0) is 40.7. The quantitative estimate of drug-likeness (QED) is 0.106. The van der Waals surface area contributed by atoms with Crippen molar-refractivity contribution in [3.63, 3.8) is 0 Å². The summed E-state index contributed by atoms with van der Waals surface area (Å²) in [7, 11) is 0. The second-order valence-corrected chi connectivity index (χ2v) is 13.6. The Balaban J connectivity index is 1.18. The normalized spacial score (nSPS) is 12.1. The third kappa shape index (κ3) is 9.95. The van der Waals surface area contributed by atoms with Crippen molar-refractivity contribution < 1.29 is 32.8 Å². The lowest BCUT2D eigenvalue weighted by molar-refractivity contribution is -0.128. The van der Waals surface area contributed by atoms with Gasteiger partial charge in [-0.3, -0.25) is 28.5 Å². The van der Waals surface area contributed by atoms with E-state index in [1.165, 1.54) is 37.3 Å². The van der Waals surface area contributed by atoms with Crippen LogP contribution in [0.4, 0.5) is 15.8 Å². The lowest BCUT2D eigenvalue weighted by atomic mass is 10.0. The number of nitrogens with zero attached hydrogens (tertiary/aromatic N) is 2. The smallest absolute Gasteiger partial charge is 0.328 e. The van der Waals surface area contributed by atoms with Gasteiger partial charge in [0.1, 0.15) is 30.2 Å². The maximum atomic E-state index is 13.6. The third-order valence-corrected chi connectivity index (χ3v) is 8.92. The van der Waals surface area contributed by atoms with Crippen molar-refractivity contribution in [2.24, 2.45) is 5.92 Å². The van der Waals surface area contributed by atoms with Crippen molar-refractivity contribution in [1.82, 2.24) is 25.3 Å². The molecule has 0 aliphatic heterocycles. The number of nitrogens with one attached hydrogen (secondary N) is 5. The molecule has 0 bridgehead atoms. The predicted molar refractivity (Wildman–Crippen MR) is 205 cm³/mol. The van der Waals surface area contributed by atoms with Crippen molar-refractivity contribution in [2.75, 3.05) is 10.6 Å². The number of aromatic amines is 1. The molecular formula is C39H39ClFN7O8. The van der Waals surface area contributed by atoms with Gasteiger partial charge in [-0.05, 0) is 80.8 Å². The number of halogens is 2. The molecule has 17 heteroatoms. The predicted octanol–water partition coefficient (Wildman–Crippen LogP) is 4.71. The van der Waals surface area contributed by atoms with Crippen LogP contribution in [-0.4, -0.2) is 50.4 Å². The van der Waals surface area contributed by atoms with Crippen LogP contribution in [0.25, 0.3) is 0 Å². The summed E-state index contributed by atoms with van der Waals surface area (Å²) < 4.78 is 25.5. The van der Waals surface area contributed by atoms with Crippen molar-refractivity contribution >= 4 is 46.6 Å². The average molecular weight is 788 g/mol. The number of hydrogen-bond donors (Lipinski definition) is 5. The summed E-state index contributed by atoms with van der Waals surface area (Å²) in [5, 5.41) is 15.0. The number of ether oxygens (including phenoxy) is 1. The minimum absolute atomic E-state index is 0.108. The molecule has 0 saturated carbocycles. The summed E-state index contributed by atoms with van der Waals surface area (Å²) in [4.78, 5) is 79.2. The van der Waals surface area contributed by atoms with E-state index in [2.05, 4.69) is 31.4 Å². The summed E-state index contributed by atoms with van der Waals surface area (Å²) in [6.45, 7) is 8.39. The van der Waals surface area contributed by atoms with Gasteiger partial charge >= 0.3 is 5.69 Å². The molecule has 0 spiro atoms. The van der Waals surface area contributed by atoms with Crippen LogP contribution in [0.1, 0.15) is 64.1 Å². The second-order valence-electron chi connectivity index (χ2n) is 13.2. The summed E-state index contributed by atoms with van der Waals surface area (Å²) in [6, 6.07) is 14.9. The van der Waals surface area contributed by atoms with Gasteiger partial charge in [0, 0.05) is 28.2 Å². The maximum absolute atomic E-state index is 13.6. The van der Waals surface area contributed by atoms with Crippen molar-refractivity contribution in [3.05, 3.63) is 138 Å². The van der Waals surface area contributed by atoms with Crippen LogP contribution < -0.4 is 37.3 Å². The topological polar surface area (TPSA) is 207 Å². The second kappa shape index (κ2) is 17.7. The monoisotopic (exact) mass is 787 g/mol. The lowest BCUT2D eigenvalue weighted by Crippen LogP contribution is -2.53. The summed E-state index contributed by atoms with van der Waals surface area (Å²) >= 11 is 6.21. The largest absolute Gasteiger partial charge is 0.488 e. The first-order valence-electron chi connectivity index (χ1n) is 17.4. The Morgan fingerprint density at radius 1 is 0.911 bits per heavy atom. The molecule has 2 heterocycles. The first kappa shape index (κ1) is 40.6. The fourth-order valence-corrected chi connectivity index (χ4v) is 5.66. The number of amides is 4. The molecule has 5 aromatic rings. The molecule has 0 radical (unpaired) electrons. The number of carbonyl (C=O) groups excluding carboxylic acids is 4. The van der Waals surface area contributed by atoms with Crippen LogP contribution in [0.2, 0.25) is 5.02 Å². The number of carbonyl (C=O) groups is 4. The van der Waals surface area contributed by atoms with E-state index in [1.807, 2.05) is 0 Å². The number of hydrogen-bond acceptors (Lipinski definition) is 9. The lowest BCUT2D eigenvalue weighted by Gasteiger charge is -2.24. The highest BCUT2D eigenvalue weighted by Gasteiger charge is 2.28. The molecule has 0 fully saturated rings. The standard InChI is InChI=1S/C39H39ClFN7O8/c1-20(2)33(37(52)43-22(4)34(49)44-27-12-9-24(10-13-27)18-48-38(53)31(41)17-42-39(48)54)46-35(50)25-7-6-8-28(15-25)45-36(51)29-16-26(40)11-14-32(29)55-19-30-21(3)47-56-23(30)5/h6-17,20,22,33H,18-19H2,1-5H3,(H,42,54)(H,43,52)(H,44,49)(H,45,51)(H,46,50)/t22-,33-/m0/s1. The Kier molecular flexibility index (Phi) is 12.9. The van der Waals surface area contributed by atoms with Gasteiger partial charge in [0.2, 0.25) is 17.6 Å². The van der Waals surface area contributed by atoms with E-state index in [-0.39, 0.29) is 35.9 Å². The van der Waals surface area contributed by atoms with Gasteiger partial charge in [-0.25, -0.2) is 4.79 Å². The molecule has 5 N–H and O–H groups in total. The van der Waals surface area contributed by atoms with Gasteiger partial charge in [-0.15, -0.1) is 0 Å². The Labute approximate surface area is 324 Å². The van der Waals surface area contributed by atoms with Crippen molar-refractivity contribution in [1.29, 1.82) is 0 Å². The zero-order valence-electron chi connectivity index (χ0n) is 31.0. The van der Waals surface area contributed by atoms with Crippen molar-refractivity contribution in [3.8, 4) is 5.75 Å². The van der Waals surface area contributed by atoms with Gasteiger partial charge in [-0.2, -0.15) is 4.39 Å². The fourth-order valence-electron chi connectivity index (χ4n) is 5.48. The van der Waals surface area contributed by atoms with E-state index >= 15 is 0 Å². The van der Waals surface area contributed by atoms with Crippen LogP contribution in [-0.2, 0) is 22.7 Å². The van der Waals surface area contributed by atoms with Crippen molar-refractivity contribution in [2.45, 2.75) is 59.9 Å². The molecule has 0 aliphatic carbocycles. The van der Waals surface area contributed by atoms with Gasteiger partial charge in [0.05, 0.1) is 23.4 Å². The highest BCUT2D eigenvalue weighted by molar-refractivity contribution is 6.31. The molecule has 5 rings (SSSR count). The molecule has 15 nitrogen and oxygen atoms in total. The van der Waals surface area contributed by atoms with Crippen LogP contribution in [0.5, 0.6) is 5.75 Å². The zero-order valence-corrected chi connectivity index (χ0v) is 31.7. The summed E-state index contributed by atoms with van der Waals surface area (Å²) in [5.74, 6) is -2.92. The maximum Gasteiger partial charge on any atom is 0.328 e. The van der Waals surface area contributed by atoms with Crippen LogP contribution in [0, 0.1) is 25.6 Å². The van der Waals surface area contributed by atoms with E-state index in [1.54, 1.807) is 64.1 Å². The van der Waals surface area contributed by atoms with Crippen LogP contribution in [0.15, 0.2) is 87.0 Å². The molecule has 56 heavy (non-hydrogen) atoms. The number of benzene rings is 3. The number of aromatic nitrogens is 3. The SMILES string of the molecule is Cc1noc(C)c1COc1ccc(Cl)cc1C(=O)Nc1cccc(C(=O)N[C@H](C(=O)N[C@@H](C)C(=O)Nc2ccc(Cn3c(=O)[nH]cc(F)c3=O)cc2)C(C)C)c1. The molecule has 2 aromatic heterocycles. The van der Waals surface area contributed by atoms with Gasteiger partial charge in [0.15, 0.2) is 0 Å². The number of anilines is 2. The van der Waals surface area contributed by atoms with Gasteiger partial charge in [-0.1, -0.05) is 48.8 Å². The van der Waals surface area contributed by atoms with E-state index in [0.29, 0.717) is 44.2 Å². The Morgan fingerprint density at radius 2 is 1.64 bits per heavy atom. The number of rotatable bonds is 14. The highest BCUT2D eigenvalue weighted by atomic mass is 35.5. The minimum Gasteiger partial charge on any atom is -0.488 e. The number of aryl methyl sites for hydroxylation is 2. The van der Waals surface area contributed by atoms with E-state index in [0.717, 1.165) is 5.56 Å². The fraction of sp³-hybridized carbons (Fsp3) is 0.256. The summed E-state index contributed by atoms with van der Waals surface area (Å²) in [6.07, 6.45) is 0.695. The number of H-pyrrole nitrogens is 1. The average Bonchev–Trinajstić information content (AvgIpc) is 3.49. The van der Waals surface area contributed by atoms with E-state index < -0.39 is 52.8 Å². The highest BCUT2D eigenvalue weighted by Crippen LogP contribution is 2.26. The Bertz CT molecular complexity index is 2370. The Hall–Kier alpha value is -6.55. The Morgan fingerprint density at radius 3 is 2.32 bits per heavy atom. The molecule has 0 saturated heterocycles. The minimum atomic E-state index is -1.10. The molecule has 2 atom stereocenters. The van der Waals surface area contributed by atoms with Gasteiger partial charge < -0.3 is 35.5 Å². The third-order valence-electron chi connectivity index (χ3n) is 8.69. The summed E-state index contributed by atoms with van der Waals surface area (Å²) in [5.41, 5.74) is 1.04. The molecule has 0 unspecified atom stereocenters. The van der Waals surface area contributed by atoms with Crippen LogP contribution >= 0.6 is 11.6 Å². The first-order valence-corrected chi connectivity index (χ1v) is 17.7. The van der Waals surface area contributed by atoms with Crippen LogP contribution in [0.3, 0.4) is 0 Å². The molecule has 3 aromatic carbocycles. The van der Waals surface area contributed by atoms with Gasteiger partial charge in [0.25, 0.3) is 17.4 Å². The molecule has 0 aliphatic rings. The van der Waals surface area contributed by atoms with E-state index in [9.17, 15) is 33.2 Å². The molecule has 292 valence electrons. The molecule has 4 amide bonds. The molecular weight excluding hydrogens is 749 g/mol. The van der Waals surface area contributed by atoms with E-state index in [4.69, 9.17) is 20.9 Å².